The molecule has 1 N–H and O–H groups in total. The molecule has 4 heterocycles. The van der Waals surface area contributed by atoms with E-state index in [4.69, 9.17) is 11.6 Å². The molecule has 3 aromatic heterocycles. The minimum absolute atomic E-state index is 0.155. The van der Waals surface area contributed by atoms with Crippen LogP contribution in [0.5, 0.6) is 0 Å². The Morgan fingerprint density at radius 2 is 1.93 bits per heavy atom. The van der Waals surface area contributed by atoms with Crippen molar-refractivity contribution < 1.29 is 22.8 Å². The van der Waals surface area contributed by atoms with Crippen LogP contribution in [0.15, 0.2) is 43.1 Å². The lowest BCUT2D eigenvalue weighted by Crippen LogP contribution is -2.29. The Bertz CT molecular complexity index is 1740. The number of rotatable bonds is 7. The molecule has 2 fully saturated rings. The maximum absolute atomic E-state index is 14.7. The summed E-state index contributed by atoms with van der Waals surface area (Å²) in [7, 11) is 0. The van der Waals surface area contributed by atoms with Crippen LogP contribution in [0, 0.1) is 31.5 Å². The van der Waals surface area contributed by atoms with Gasteiger partial charge in [0.2, 0.25) is 5.91 Å². The first-order valence-corrected chi connectivity index (χ1v) is 13.6. The van der Waals surface area contributed by atoms with Crippen molar-refractivity contribution in [3.05, 3.63) is 82.0 Å². The van der Waals surface area contributed by atoms with Crippen LogP contribution in [-0.2, 0) is 4.79 Å². The van der Waals surface area contributed by atoms with Gasteiger partial charge in [-0.15, -0.1) is 0 Å². The second kappa shape index (κ2) is 10.5. The first kappa shape index (κ1) is 27.8. The number of amides is 2. The molecule has 2 aliphatic rings. The van der Waals surface area contributed by atoms with Crippen LogP contribution >= 0.6 is 11.6 Å². The van der Waals surface area contributed by atoms with E-state index in [1.54, 1.807) is 17.1 Å². The molecule has 1 aliphatic heterocycles. The van der Waals surface area contributed by atoms with E-state index in [9.17, 15) is 22.8 Å². The Balaban J connectivity index is 1.20. The van der Waals surface area contributed by atoms with Gasteiger partial charge in [0.1, 0.15) is 5.69 Å². The number of piperidine rings is 1. The Morgan fingerprint density at radius 3 is 2.64 bits per heavy atom. The number of halogens is 4. The van der Waals surface area contributed by atoms with Gasteiger partial charge in [0, 0.05) is 29.8 Å². The number of hydrogen-bond donors (Lipinski definition) is 1. The van der Waals surface area contributed by atoms with Gasteiger partial charge < -0.3 is 10.2 Å². The predicted octanol–water partition coefficient (Wildman–Crippen LogP) is 5.93. The molecule has 4 aromatic rings. The maximum Gasteiger partial charge on any atom is 0.275 e. The van der Waals surface area contributed by atoms with E-state index < -0.39 is 29.3 Å². The Labute approximate surface area is 243 Å². The smallest absolute Gasteiger partial charge is 0.275 e. The molecule has 42 heavy (non-hydrogen) atoms. The summed E-state index contributed by atoms with van der Waals surface area (Å²) < 4.78 is 43.5. The van der Waals surface area contributed by atoms with Crippen molar-refractivity contribution in [3.8, 4) is 11.3 Å². The molecule has 1 saturated carbocycles. The van der Waals surface area contributed by atoms with Gasteiger partial charge >= 0.3 is 0 Å². The standard InChI is InChI=1S/C29H25ClF3N7O2/c1-13-14(2)26(35-10-23(13)39-11-16-6-19(16)29(39)42)15(3)40-12-17(7-36-40)37-28(41)22-9-34-8-21(38-22)24-18(27(32)33)4-5-20(30)25(24)31/h4-5,7-10,12,15-16,19,27H,6,11H2,1-3H3,(H,37,41)/t15?,16-,19-/m1/s1. The van der Waals surface area contributed by atoms with Crippen molar-refractivity contribution in [2.75, 3.05) is 16.8 Å². The van der Waals surface area contributed by atoms with E-state index in [0.29, 0.717) is 11.6 Å². The number of aromatic nitrogens is 5. The van der Waals surface area contributed by atoms with Crippen molar-refractivity contribution >= 4 is 34.8 Å². The van der Waals surface area contributed by atoms with Crippen LogP contribution in [0.2, 0.25) is 5.02 Å². The molecule has 3 atom stereocenters. The molecule has 1 unspecified atom stereocenters. The molecular weight excluding hydrogens is 571 g/mol. The fraction of sp³-hybridized carbons (Fsp3) is 0.310. The second-order valence-electron chi connectivity index (χ2n) is 10.6. The Kier molecular flexibility index (Phi) is 6.96. The quantitative estimate of drug-likeness (QED) is 0.284. The largest absolute Gasteiger partial charge is 0.318 e. The van der Waals surface area contributed by atoms with Gasteiger partial charge in [-0.25, -0.2) is 18.2 Å². The number of alkyl halides is 2. The fourth-order valence-electron chi connectivity index (χ4n) is 5.43. The third-order valence-electron chi connectivity index (χ3n) is 8.01. The number of carbonyl (C=O) groups excluding carboxylic acids is 2. The average molecular weight is 596 g/mol. The molecule has 13 heteroatoms. The highest BCUT2D eigenvalue weighted by molar-refractivity contribution is 6.31. The van der Waals surface area contributed by atoms with Crippen molar-refractivity contribution in [2.45, 2.75) is 39.7 Å². The third kappa shape index (κ3) is 4.79. The van der Waals surface area contributed by atoms with Gasteiger partial charge in [0.05, 0.1) is 58.6 Å². The lowest BCUT2D eigenvalue weighted by atomic mass is 10.0. The molecule has 9 nitrogen and oxygen atoms in total. The lowest BCUT2D eigenvalue weighted by molar-refractivity contribution is -0.118. The molecule has 6 rings (SSSR count). The summed E-state index contributed by atoms with van der Waals surface area (Å²) in [5.74, 6) is -0.995. The van der Waals surface area contributed by atoms with Crippen molar-refractivity contribution in [1.82, 2.24) is 24.7 Å². The molecule has 2 amide bonds. The first-order valence-electron chi connectivity index (χ1n) is 13.3. The molecule has 1 aromatic carbocycles. The maximum atomic E-state index is 14.7. The Hall–Kier alpha value is -4.32. The van der Waals surface area contributed by atoms with Crippen LogP contribution in [0.4, 0.5) is 24.5 Å². The van der Waals surface area contributed by atoms with Gasteiger partial charge in [-0.1, -0.05) is 17.7 Å². The summed E-state index contributed by atoms with van der Waals surface area (Å²) in [6.45, 7) is 6.58. The molecule has 1 saturated heterocycles. The monoisotopic (exact) mass is 595 g/mol. The van der Waals surface area contributed by atoms with Crippen LogP contribution in [0.3, 0.4) is 0 Å². The number of benzene rings is 1. The summed E-state index contributed by atoms with van der Waals surface area (Å²) in [6.07, 6.45) is 5.01. The molecule has 0 radical (unpaired) electrons. The number of fused-ring (bicyclic) bond motifs is 1. The topological polar surface area (TPSA) is 106 Å². The van der Waals surface area contributed by atoms with Crippen molar-refractivity contribution in [1.29, 1.82) is 0 Å². The van der Waals surface area contributed by atoms with Gasteiger partial charge in [-0.2, -0.15) is 5.10 Å². The summed E-state index contributed by atoms with van der Waals surface area (Å²) in [4.78, 5) is 40.0. The zero-order chi connectivity index (χ0) is 29.9. The number of pyridine rings is 1. The minimum Gasteiger partial charge on any atom is -0.318 e. The minimum atomic E-state index is -3.00. The summed E-state index contributed by atoms with van der Waals surface area (Å²) in [6, 6.07) is 1.75. The molecular formula is C29H25ClF3N7O2. The van der Waals surface area contributed by atoms with E-state index in [2.05, 4.69) is 25.4 Å². The highest BCUT2D eigenvalue weighted by atomic mass is 35.5. The lowest BCUT2D eigenvalue weighted by Gasteiger charge is -2.23. The van der Waals surface area contributed by atoms with Gasteiger partial charge in [-0.3, -0.25) is 24.2 Å². The van der Waals surface area contributed by atoms with Gasteiger partial charge in [0.25, 0.3) is 12.3 Å². The summed E-state index contributed by atoms with van der Waals surface area (Å²) in [5.41, 5.74) is 2.26. The second-order valence-corrected chi connectivity index (χ2v) is 11.0. The number of carbonyl (C=O) groups is 2. The van der Waals surface area contributed by atoms with E-state index in [1.165, 1.54) is 6.20 Å². The molecule has 216 valence electrons. The van der Waals surface area contributed by atoms with Crippen LogP contribution < -0.4 is 10.2 Å². The van der Waals surface area contributed by atoms with E-state index in [-0.39, 0.29) is 34.3 Å². The van der Waals surface area contributed by atoms with Crippen LogP contribution in [0.1, 0.15) is 58.7 Å². The van der Waals surface area contributed by atoms with Crippen molar-refractivity contribution in [2.24, 2.45) is 11.8 Å². The van der Waals surface area contributed by atoms with Gasteiger partial charge in [0.15, 0.2) is 5.82 Å². The van der Waals surface area contributed by atoms with Crippen LogP contribution in [0.25, 0.3) is 11.3 Å². The van der Waals surface area contributed by atoms with Crippen LogP contribution in [-0.4, -0.2) is 43.1 Å². The highest BCUT2D eigenvalue weighted by Crippen LogP contribution is 2.48. The predicted molar refractivity (Wildman–Crippen MR) is 149 cm³/mol. The molecule has 1 aliphatic carbocycles. The highest BCUT2D eigenvalue weighted by Gasteiger charge is 2.52. The molecule has 0 bridgehead atoms. The van der Waals surface area contributed by atoms with E-state index >= 15 is 0 Å². The number of nitrogens with zero attached hydrogens (tertiary/aromatic N) is 6. The number of hydrogen-bond acceptors (Lipinski definition) is 6. The van der Waals surface area contributed by atoms with E-state index in [1.807, 2.05) is 25.7 Å². The summed E-state index contributed by atoms with van der Waals surface area (Å²) in [5, 5.41) is 6.67. The van der Waals surface area contributed by atoms with E-state index in [0.717, 1.165) is 60.0 Å². The van der Waals surface area contributed by atoms with Crippen molar-refractivity contribution in [3.63, 3.8) is 0 Å². The summed E-state index contributed by atoms with van der Waals surface area (Å²) >= 11 is 5.81. The average Bonchev–Trinajstić information content (AvgIpc) is 3.47. The van der Waals surface area contributed by atoms with Gasteiger partial charge in [-0.05, 0) is 50.3 Å². The number of anilines is 2. The fourth-order valence-corrected chi connectivity index (χ4v) is 5.59. The molecule has 0 spiro atoms. The number of nitrogens with one attached hydrogen (secondary N) is 1. The third-order valence-corrected chi connectivity index (χ3v) is 8.30. The zero-order valence-corrected chi connectivity index (χ0v) is 23.5. The SMILES string of the molecule is Cc1c(N2C[C@H]3C[C@H]3C2=O)cnc(C(C)n2cc(NC(=O)c3cncc(-c4c(C(F)F)ccc(Cl)c4F)n3)cn2)c1C. The normalized spacial score (nSPS) is 18.4. The first-order chi connectivity index (χ1) is 20.0. The Morgan fingerprint density at radius 1 is 1.14 bits per heavy atom. The zero-order valence-electron chi connectivity index (χ0n) is 22.8.